The number of hydrogen-bond donors (Lipinski definition) is 1. The Morgan fingerprint density at radius 2 is 1.63 bits per heavy atom. The fraction of sp³-hybridized carbons (Fsp3) is 0.194. The monoisotopic (exact) mass is 568 g/mol. The molecule has 0 saturated carbocycles. The van der Waals surface area contributed by atoms with Crippen LogP contribution in [0.3, 0.4) is 0 Å². The Hall–Kier alpha value is -4.31. The van der Waals surface area contributed by atoms with Gasteiger partial charge in [-0.3, -0.25) is 9.36 Å². The molecule has 0 amide bonds. The molecule has 0 saturated heterocycles. The molecule has 1 aromatic heterocycles. The number of nitrogens with one attached hydrogen (secondary N) is 1. The molecule has 1 aliphatic rings. The van der Waals surface area contributed by atoms with E-state index >= 15 is 0 Å². The highest BCUT2D eigenvalue weighted by molar-refractivity contribution is 6.11. The lowest BCUT2D eigenvalue weighted by Crippen LogP contribution is -2.27. The molecule has 0 radical (unpaired) electrons. The van der Waals surface area contributed by atoms with Crippen LogP contribution in [0.1, 0.15) is 38.3 Å². The largest absolute Gasteiger partial charge is 0.489 e. The van der Waals surface area contributed by atoms with Crippen LogP contribution in [0.2, 0.25) is 0 Å². The Kier molecular flexibility index (Phi) is 6.53. The van der Waals surface area contributed by atoms with Crippen molar-refractivity contribution < 1.29 is 35.9 Å². The summed E-state index contributed by atoms with van der Waals surface area (Å²) in [5, 5.41) is 5.71. The molecule has 4 nitrogen and oxygen atoms in total. The fourth-order valence-corrected chi connectivity index (χ4v) is 5.45. The average Bonchev–Trinajstić information content (AvgIpc) is 3.28. The smallest absolute Gasteiger partial charge is 0.416 e. The molecule has 210 valence electrons. The summed E-state index contributed by atoms with van der Waals surface area (Å²) in [4.78, 5) is 14.0. The fourth-order valence-electron chi connectivity index (χ4n) is 5.45. The highest BCUT2D eigenvalue weighted by Crippen LogP contribution is 2.38. The summed E-state index contributed by atoms with van der Waals surface area (Å²) < 4.78 is 87.5. The summed E-state index contributed by atoms with van der Waals surface area (Å²) in [7, 11) is 0. The van der Waals surface area contributed by atoms with Crippen molar-refractivity contribution >= 4 is 27.6 Å². The first kappa shape index (κ1) is 26.9. The number of carbonyl (C=O) groups excluding carboxylic acids is 1. The van der Waals surface area contributed by atoms with Crippen molar-refractivity contribution in [1.82, 2.24) is 9.88 Å². The van der Waals surface area contributed by atoms with Gasteiger partial charge in [-0.15, -0.1) is 0 Å². The van der Waals surface area contributed by atoms with Crippen molar-refractivity contribution in [3.63, 3.8) is 0 Å². The van der Waals surface area contributed by atoms with E-state index in [4.69, 9.17) is 4.74 Å². The Balaban J connectivity index is 1.39. The highest BCUT2D eigenvalue weighted by Gasteiger charge is 2.37. The molecule has 2 heterocycles. The Morgan fingerprint density at radius 3 is 2.41 bits per heavy atom. The van der Waals surface area contributed by atoms with Gasteiger partial charge in [0.2, 0.25) is 0 Å². The number of aromatic nitrogens is 1. The standard InChI is InChI=1S/C31H22F6N2O2/c32-30(33,34)20-8-10-26(31(35,36)37)19(14-20)17-41-21-9-11-27-25(15-21)23-12-13-38-16-28(23)39(27)29(40)24-7-3-5-18-4-1-2-6-22(18)24/h1-11,14-15,38H,12-13,16-17H2. The number of hydrogen-bond acceptors (Lipinski definition) is 3. The molecule has 0 atom stereocenters. The number of carbonyl (C=O) groups is 1. The number of ether oxygens (including phenoxy) is 1. The minimum atomic E-state index is -4.85. The van der Waals surface area contributed by atoms with Crippen LogP contribution in [0.25, 0.3) is 21.7 Å². The molecular formula is C31H22F6N2O2. The van der Waals surface area contributed by atoms with E-state index < -0.39 is 35.6 Å². The second-order valence-corrected chi connectivity index (χ2v) is 9.85. The van der Waals surface area contributed by atoms with Crippen LogP contribution in [0.5, 0.6) is 5.75 Å². The zero-order chi connectivity index (χ0) is 28.9. The first-order valence-corrected chi connectivity index (χ1v) is 12.8. The van der Waals surface area contributed by atoms with Crippen molar-refractivity contribution in [3.05, 3.63) is 112 Å². The maximum atomic E-state index is 14.0. The molecule has 1 N–H and O–H groups in total. The van der Waals surface area contributed by atoms with Gasteiger partial charge in [-0.1, -0.05) is 36.4 Å². The van der Waals surface area contributed by atoms with Gasteiger partial charge in [0.05, 0.1) is 16.6 Å². The Bertz CT molecular complexity index is 1800. The molecular weight excluding hydrogens is 546 g/mol. The quantitative estimate of drug-likeness (QED) is 0.226. The molecule has 4 aromatic carbocycles. The van der Waals surface area contributed by atoms with Gasteiger partial charge in [0, 0.05) is 28.8 Å². The maximum Gasteiger partial charge on any atom is 0.416 e. The molecule has 0 fully saturated rings. The predicted octanol–water partition coefficient (Wildman–Crippen LogP) is 7.75. The zero-order valence-electron chi connectivity index (χ0n) is 21.4. The summed E-state index contributed by atoms with van der Waals surface area (Å²) in [5.41, 5.74) is -0.183. The van der Waals surface area contributed by atoms with Gasteiger partial charge < -0.3 is 10.1 Å². The molecule has 10 heteroatoms. The third-order valence-electron chi connectivity index (χ3n) is 7.35. The number of fused-ring (bicyclic) bond motifs is 4. The lowest BCUT2D eigenvalue weighted by atomic mass is 10.0. The van der Waals surface area contributed by atoms with E-state index in [-0.39, 0.29) is 11.7 Å². The molecule has 0 aliphatic carbocycles. The summed E-state index contributed by atoms with van der Waals surface area (Å²) in [6, 6.07) is 19.2. The number of alkyl halides is 6. The number of nitrogens with zero attached hydrogens (tertiary/aromatic N) is 1. The van der Waals surface area contributed by atoms with Gasteiger partial charge in [-0.05, 0) is 71.8 Å². The van der Waals surface area contributed by atoms with Crippen LogP contribution in [0, 0.1) is 0 Å². The van der Waals surface area contributed by atoms with E-state index in [0.717, 1.165) is 22.0 Å². The molecule has 6 rings (SSSR count). The van der Waals surface area contributed by atoms with E-state index in [1.165, 1.54) is 6.07 Å². The Morgan fingerprint density at radius 1 is 0.854 bits per heavy atom. The molecule has 5 aromatic rings. The van der Waals surface area contributed by atoms with Crippen LogP contribution < -0.4 is 10.1 Å². The Labute approximate surface area is 230 Å². The van der Waals surface area contributed by atoms with Gasteiger partial charge >= 0.3 is 12.4 Å². The highest BCUT2D eigenvalue weighted by atomic mass is 19.4. The van der Waals surface area contributed by atoms with E-state index in [9.17, 15) is 31.1 Å². The molecule has 41 heavy (non-hydrogen) atoms. The van der Waals surface area contributed by atoms with Crippen molar-refractivity contribution in [2.75, 3.05) is 6.54 Å². The van der Waals surface area contributed by atoms with Gasteiger partial charge in [0.15, 0.2) is 0 Å². The SMILES string of the molecule is O=C(c1cccc2ccccc12)n1c2c(c3cc(OCc4cc(C(F)(F)F)ccc4C(F)(F)F)ccc31)CCNC2. The van der Waals surface area contributed by atoms with Crippen molar-refractivity contribution in [3.8, 4) is 5.75 Å². The average molecular weight is 569 g/mol. The molecule has 0 spiro atoms. The van der Waals surface area contributed by atoms with Gasteiger partial charge in [0.1, 0.15) is 12.4 Å². The predicted molar refractivity (Wildman–Crippen MR) is 142 cm³/mol. The van der Waals surface area contributed by atoms with Crippen LogP contribution in [-0.4, -0.2) is 17.0 Å². The number of halogens is 6. The van der Waals surface area contributed by atoms with Crippen LogP contribution in [0.4, 0.5) is 26.3 Å². The summed E-state index contributed by atoms with van der Waals surface area (Å²) in [6.07, 6.45) is -9.04. The first-order valence-electron chi connectivity index (χ1n) is 12.8. The van der Waals surface area contributed by atoms with Gasteiger partial charge in [0.25, 0.3) is 5.91 Å². The number of rotatable bonds is 4. The van der Waals surface area contributed by atoms with Crippen molar-refractivity contribution in [1.29, 1.82) is 0 Å². The summed E-state index contributed by atoms with van der Waals surface area (Å²) >= 11 is 0. The van der Waals surface area contributed by atoms with Crippen LogP contribution in [-0.2, 0) is 31.9 Å². The van der Waals surface area contributed by atoms with E-state index in [2.05, 4.69) is 5.32 Å². The third kappa shape index (κ3) is 4.93. The summed E-state index contributed by atoms with van der Waals surface area (Å²) in [5.74, 6) is -0.0386. The summed E-state index contributed by atoms with van der Waals surface area (Å²) in [6.45, 7) is 0.387. The van der Waals surface area contributed by atoms with E-state index in [0.29, 0.717) is 54.2 Å². The lowest BCUT2D eigenvalue weighted by Gasteiger charge is -2.17. The second-order valence-electron chi connectivity index (χ2n) is 9.85. The van der Waals surface area contributed by atoms with Crippen molar-refractivity contribution in [2.24, 2.45) is 0 Å². The molecule has 1 aliphatic heterocycles. The second kappa shape index (κ2) is 9.95. The first-order chi connectivity index (χ1) is 19.5. The molecule has 0 bridgehead atoms. The topological polar surface area (TPSA) is 43.3 Å². The van der Waals surface area contributed by atoms with E-state index in [1.54, 1.807) is 22.8 Å². The van der Waals surface area contributed by atoms with Gasteiger partial charge in [-0.2, -0.15) is 26.3 Å². The van der Waals surface area contributed by atoms with Crippen molar-refractivity contribution in [2.45, 2.75) is 31.9 Å². The molecule has 0 unspecified atom stereocenters. The number of benzene rings is 4. The minimum Gasteiger partial charge on any atom is -0.489 e. The maximum absolute atomic E-state index is 14.0. The van der Waals surface area contributed by atoms with Crippen LogP contribution in [0.15, 0.2) is 78.9 Å². The van der Waals surface area contributed by atoms with E-state index in [1.807, 2.05) is 36.4 Å². The lowest BCUT2D eigenvalue weighted by molar-refractivity contribution is -0.142. The minimum absolute atomic E-state index is 0.180. The normalized spacial score (nSPS) is 13.9. The van der Waals surface area contributed by atoms with Gasteiger partial charge in [-0.25, -0.2) is 0 Å². The third-order valence-corrected chi connectivity index (χ3v) is 7.35. The van der Waals surface area contributed by atoms with Crippen LogP contribution >= 0.6 is 0 Å². The zero-order valence-corrected chi connectivity index (χ0v) is 21.4.